The van der Waals surface area contributed by atoms with Crippen molar-refractivity contribution in [2.75, 3.05) is 0 Å². The fourth-order valence-corrected chi connectivity index (χ4v) is 3.57. The third-order valence-corrected chi connectivity index (χ3v) is 4.95. The van der Waals surface area contributed by atoms with Gasteiger partial charge in [0.1, 0.15) is 17.4 Å². The molecule has 0 aliphatic carbocycles. The molecule has 0 N–H and O–H groups in total. The molecule has 0 aliphatic heterocycles. The monoisotopic (exact) mass is 379 g/mol. The number of nitrogens with zero attached hydrogens (tertiary/aromatic N) is 1. The van der Waals surface area contributed by atoms with Crippen molar-refractivity contribution in [2.45, 2.75) is 26.4 Å². The Morgan fingerprint density at radius 1 is 1.28 bits per heavy atom. The van der Waals surface area contributed by atoms with E-state index in [0.29, 0.717) is 22.0 Å². The summed E-state index contributed by atoms with van der Waals surface area (Å²) < 4.78 is 35.1. The van der Waals surface area contributed by atoms with E-state index in [1.165, 1.54) is 23.5 Å². The fourth-order valence-electron chi connectivity index (χ4n) is 2.55. The van der Waals surface area contributed by atoms with E-state index in [0.717, 1.165) is 16.6 Å². The van der Waals surface area contributed by atoms with Crippen LogP contribution in [0.15, 0.2) is 36.9 Å². The third kappa shape index (κ3) is 3.83. The van der Waals surface area contributed by atoms with Gasteiger partial charge in [0.15, 0.2) is 11.6 Å². The topological polar surface area (TPSA) is 22.1 Å². The molecule has 2 nitrogen and oxygen atoms in total. The van der Waals surface area contributed by atoms with Gasteiger partial charge in [-0.05, 0) is 42.3 Å². The Labute approximate surface area is 153 Å². The smallest absolute Gasteiger partial charge is 0.175 e. The van der Waals surface area contributed by atoms with Gasteiger partial charge in [0.05, 0.1) is 15.8 Å². The maximum absolute atomic E-state index is 14.6. The first kappa shape index (κ1) is 17.8. The van der Waals surface area contributed by atoms with Crippen molar-refractivity contribution in [3.05, 3.63) is 64.1 Å². The van der Waals surface area contributed by atoms with Gasteiger partial charge in [-0.15, -0.1) is 11.3 Å². The van der Waals surface area contributed by atoms with Gasteiger partial charge in [-0.1, -0.05) is 31.5 Å². The Hall–Kier alpha value is -1.98. The molecule has 0 unspecified atom stereocenters. The van der Waals surface area contributed by atoms with E-state index in [-0.39, 0.29) is 17.9 Å². The second-order valence-corrected chi connectivity index (χ2v) is 7.15. The highest BCUT2D eigenvalue weighted by Gasteiger charge is 2.17. The van der Waals surface area contributed by atoms with Crippen LogP contribution in [-0.2, 0) is 6.61 Å². The number of benzene rings is 2. The third-order valence-electron chi connectivity index (χ3n) is 3.71. The van der Waals surface area contributed by atoms with Gasteiger partial charge in [-0.25, -0.2) is 13.8 Å². The normalized spacial score (nSPS) is 11.0. The molecule has 3 rings (SSSR count). The standard InChI is InChI=1S/C19H16ClF2NOS/c1-3-4-11(2)18-13(21)6-7-15(19(18)22)24-10-17-23-14-9-12(20)5-8-16(14)25-17/h5-9H,2-4,10H2,1H3. The summed E-state index contributed by atoms with van der Waals surface area (Å²) >= 11 is 7.39. The van der Waals surface area contributed by atoms with Crippen LogP contribution < -0.4 is 4.74 Å². The molecule has 0 bridgehead atoms. The molecular weight excluding hydrogens is 364 g/mol. The summed E-state index contributed by atoms with van der Waals surface area (Å²) in [6.07, 6.45) is 1.28. The molecule has 6 heteroatoms. The van der Waals surface area contributed by atoms with E-state index < -0.39 is 11.6 Å². The second-order valence-electron chi connectivity index (χ2n) is 5.60. The zero-order valence-electron chi connectivity index (χ0n) is 13.6. The number of hydrogen-bond acceptors (Lipinski definition) is 3. The average molecular weight is 380 g/mol. The van der Waals surface area contributed by atoms with E-state index >= 15 is 0 Å². The van der Waals surface area contributed by atoms with Crippen LogP contribution in [0.1, 0.15) is 30.3 Å². The summed E-state index contributed by atoms with van der Waals surface area (Å²) in [7, 11) is 0. The van der Waals surface area contributed by atoms with Crippen LogP contribution in [-0.4, -0.2) is 4.98 Å². The first-order valence-corrected chi connectivity index (χ1v) is 9.03. The van der Waals surface area contributed by atoms with Crippen LogP contribution in [0.2, 0.25) is 5.02 Å². The molecule has 0 saturated heterocycles. The summed E-state index contributed by atoms with van der Waals surface area (Å²) in [6.45, 7) is 5.80. The van der Waals surface area contributed by atoms with Crippen molar-refractivity contribution in [3.63, 3.8) is 0 Å². The number of halogens is 3. The van der Waals surface area contributed by atoms with E-state index in [1.54, 1.807) is 12.1 Å². The molecule has 0 aliphatic rings. The molecule has 0 amide bonds. The van der Waals surface area contributed by atoms with E-state index in [9.17, 15) is 8.78 Å². The quantitative estimate of drug-likeness (QED) is 0.480. The van der Waals surface area contributed by atoms with E-state index in [4.69, 9.17) is 16.3 Å². The Kier molecular flexibility index (Phi) is 5.35. The number of rotatable bonds is 6. The molecule has 2 aromatic carbocycles. The number of thiazole rings is 1. The van der Waals surface area contributed by atoms with E-state index in [2.05, 4.69) is 11.6 Å². The van der Waals surface area contributed by atoms with Crippen molar-refractivity contribution in [1.29, 1.82) is 0 Å². The first-order valence-electron chi connectivity index (χ1n) is 7.83. The van der Waals surface area contributed by atoms with Crippen LogP contribution in [0.25, 0.3) is 15.8 Å². The highest BCUT2D eigenvalue weighted by atomic mass is 35.5. The SMILES string of the molecule is C=C(CCC)c1c(F)ccc(OCc2nc3cc(Cl)ccc3s2)c1F. The predicted molar refractivity (Wildman–Crippen MR) is 99.3 cm³/mol. The molecule has 25 heavy (non-hydrogen) atoms. The molecule has 0 spiro atoms. The zero-order chi connectivity index (χ0) is 18.0. The Balaban J connectivity index is 1.82. The van der Waals surface area contributed by atoms with Gasteiger partial charge in [-0.3, -0.25) is 0 Å². The molecule has 0 radical (unpaired) electrons. The van der Waals surface area contributed by atoms with Crippen molar-refractivity contribution in [2.24, 2.45) is 0 Å². The molecule has 0 fully saturated rings. The molecule has 130 valence electrons. The van der Waals surface area contributed by atoms with Crippen LogP contribution in [0.4, 0.5) is 8.78 Å². The number of allylic oxidation sites excluding steroid dienone is 1. The van der Waals surface area contributed by atoms with Crippen LogP contribution >= 0.6 is 22.9 Å². The number of aromatic nitrogens is 1. The minimum absolute atomic E-state index is 0.00839. The number of hydrogen-bond donors (Lipinski definition) is 0. The van der Waals surface area contributed by atoms with Crippen LogP contribution in [0.5, 0.6) is 5.75 Å². The van der Waals surface area contributed by atoms with E-state index in [1.807, 2.05) is 13.0 Å². The highest BCUT2D eigenvalue weighted by molar-refractivity contribution is 7.18. The maximum Gasteiger partial charge on any atom is 0.175 e. The summed E-state index contributed by atoms with van der Waals surface area (Å²) in [5.74, 6) is -1.36. The molecule has 1 heterocycles. The summed E-state index contributed by atoms with van der Waals surface area (Å²) in [5.41, 5.74) is 1.10. The van der Waals surface area contributed by atoms with Crippen molar-refractivity contribution in [1.82, 2.24) is 4.98 Å². The minimum Gasteiger partial charge on any atom is -0.483 e. The zero-order valence-corrected chi connectivity index (χ0v) is 15.2. The fraction of sp³-hybridized carbons (Fsp3) is 0.211. The lowest BCUT2D eigenvalue weighted by Gasteiger charge is -2.12. The first-order chi connectivity index (χ1) is 12.0. The van der Waals surface area contributed by atoms with Crippen LogP contribution in [0, 0.1) is 11.6 Å². The highest BCUT2D eigenvalue weighted by Crippen LogP contribution is 2.31. The van der Waals surface area contributed by atoms with Gasteiger partial charge in [0, 0.05) is 5.02 Å². The lowest BCUT2D eigenvalue weighted by molar-refractivity contribution is 0.288. The largest absolute Gasteiger partial charge is 0.483 e. The lowest BCUT2D eigenvalue weighted by atomic mass is 10.0. The number of ether oxygens (including phenoxy) is 1. The second kappa shape index (κ2) is 7.50. The minimum atomic E-state index is -0.720. The molecule has 0 saturated carbocycles. The Morgan fingerprint density at radius 2 is 2.08 bits per heavy atom. The lowest BCUT2D eigenvalue weighted by Crippen LogP contribution is -2.01. The van der Waals surface area contributed by atoms with Gasteiger partial charge in [0.2, 0.25) is 0 Å². The van der Waals surface area contributed by atoms with Gasteiger partial charge >= 0.3 is 0 Å². The van der Waals surface area contributed by atoms with Gasteiger partial charge in [-0.2, -0.15) is 0 Å². The van der Waals surface area contributed by atoms with Crippen molar-refractivity contribution >= 4 is 38.7 Å². The summed E-state index contributed by atoms with van der Waals surface area (Å²) in [5, 5.41) is 1.30. The summed E-state index contributed by atoms with van der Waals surface area (Å²) in [6, 6.07) is 7.93. The summed E-state index contributed by atoms with van der Waals surface area (Å²) in [4.78, 5) is 4.42. The maximum atomic E-state index is 14.6. The molecule has 0 atom stereocenters. The number of fused-ring (bicyclic) bond motifs is 1. The Bertz CT molecular complexity index is 939. The predicted octanol–water partition coefficient (Wildman–Crippen LogP) is 6.62. The molecule has 1 aromatic heterocycles. The van der Waals surface area contributed by atoms with Crippen molar-refractivity contribution < 1.29 is 13.5 Å². The Morgan fingerprint density at radius 3 is 2.84 bits per heavy atom. The molecule has 3 aromatic rings. The van der Waals surface area contributed by atoms with Gasteiger partial charge in [0.25, 0.3) is 0 Å². The average Bonchev–Trinajstić information content (AvgIpc) is 2.96. The van der Waals surface area contributed by atoms with Gasteiger partial charge < -0.3 is 4.74 Å². The molecular formula is C19H16ClF2NOS. The van der Waals surface area contributed by atoms with Crippen LogP contribution in [0.3, 0.4) is 0 Å². The van der Waals surface area contributed by atoms with Crippen molar-refractivity contribution in [3.8, 4) is 5.75 Å².